The van der Waals surface area contributed by atoms with Gasteiger partial charge in [0.05, 0.1) is 15.3 Å². The molecule has 0 fully saturated rings. The van der Waals surface area contributed by atoms with Crippen LogP contribution >= 0.6 is 34.5 Å². The number of benzene rings is 1. The second kappa shape index (κ2) is 5.31. The Balaban J connectivity index is 2.44. The van der Waals surface area contributed by atoms with Crippen LogP contribution in [0.2, 0.25) is 4.34 Å². The highest BCUT2D eigenvalue weighted by molar-refractivity contribution is 7.16. The van der Waals surface area contributed by atoms with Crippen LogP contribution in [0.5, 0.6) is 0 Å². The van der Waals surface area contributed by atoms with Crippen LogP contribution in [-0.4, -0.2) is 0 Å². The third-order valence-corrected chi connectivity index (χ3v) is 4.34. The summed E-state index contributed by atoms with van der Waals surface area (Å²) in [6.07, 6.45) is -4.54. The lowest BCUT2D eigenvalue weighted by Gasteiger charge is -2.13. The van der Waals surface area contributed by atoms with Crippen molar-refractivity contribution in [2.45, 2.75) is 11.6 Å². The van der Waals surface area contributed by atoms with E-state index >= 15 is 0 Å². The van der Waals surface area contributed by atoms with Gasteiger partial charge in [-0.15, -0.1) is 22.9 Å². The maximum atomic E-state index is 13.6. The van der Waals surface area contributed by atoms with Gasteiger partial charge in [-0.2, -0.15) is 13.2 Å². The minimum atomic E-state index is -4.54. The second-order valence-corrected chi connectivity index (χ2v) is 5.92. The topological polar surface area (TPSA) is 0 Å². The van der Waals surface area contributed by atoms with E-state index in [1.807, 2.05) is 0 Å². The van der Waals surface area contributed by atoms with E-state index in [0.717, 1.165) is 23.5 Å². The smallest absolute Gasteiger partial charge is 0.207 e. The van der Waals surface area contributed by atoms with E-state index in [1.54, 1.807) is 12.1 Å². The van der Waals surface area contributed by atoms with Gasteiger partial charge in [-0.25, -0.2) is 4.39 Å². The van der Waals surface area contributed by atoms with E-state index in [2.05, 4.69) is 0 Å². The van der Waals surface area contributed by atoms with E-state index in [0.29, 0.717) is 15.3 Å². The molecule has 0 bridgehead atoms. The van der Waals surface area contributed by atoms with Crippen molar-refractivity contribution in [2.75, 3.05) is 0 Å². The molecule has 0 aliphatic carbocycles. The lowest BCUT2D eigenvalue weighted by molar-refractivity contribution is -0.137. The fourth-order valence-corrected chi connectivity index (χ4v) is 2.96. The summed E-state index contributed by atoms with van der Waals surface area (Å²) in [6.45, 7) is 0. The molecule has 0 N–H and O–H groups in total. The van der Waals surface area contributed by atoms with Gasteiger partial charge < -0.3 is 0 Å². The van der Waals surface area contributed by atoms with Crippen molar-refractivity contribution in [3.8, 4) is 0 Å². The Labute approximate surface area is 120 Å². The van der Waals surface area contributed by atoms with Crippen molar-refractivity contribution in [3.05, 3.63) is 56.5 Å². The molecule has 19 heavy (non-hydrogen) atoms. The van der Waals surface area contributed by atoms with Gasteiger partial charge in [-0.1, -0.05) is 11.6 Å². The Bertz CT molecular complexity index is 592. The van der Waals surface area contributed by atoms with Crippen LogP contribution in [0.3, 0.4) is 0 Å². The summed E-state index contributed by atoms with van der Waals surface area (Å²) in [6, 6.07) is 5.29. The van der Waals surface area contributed by atoms with Crippen LogP contribution in [-0.2, 0) is 6.18 Å². The highest BCUT2D eigenvalue weighted by Crippen LogP contribution is 2.39. The first-order chi connectivity index (χ1) is 8.79. The average molecular weight is 329 g/mol. The molecule has 0 saturated carbocycles. The monoisotopic (exact) mass is 328 g/mol. The standard InChI is InChI=1S/C12H6Cl2F4S/c13-10-4-3-9(19-10)11(14)7-5-6(12(16,17)18)1-2-8(7)15/h1-5,11H. The summed E-state index contributed by atoms with van der Waals surface area (Å²) in [7, 11) is 0. The van der Waals surface area contributed by atoms with Crippen molar-refractivity contribution < 1.29 is 17.6 Å². The molecule has 7 heteroatoms. The lowest BCUT2D eigenvalue weighted by Crippen LogP contribution is -2.07. The molecule has 1 aromatic heterocycles. The number of hydrogen-bond acceptors (Lipinski definition) is 1. The highest BCUT2D eigenvalue weighted by atomic mass is 35.5. The van der Waals surface area contributed by atoms with Gasteiger partial charge in [0.15, 0.2) is 0 Å². The first-order valence-electron chi connectivity index (χ1n) is 5.05. The second-order valence-electron chi connectivity index (χ2n) is 3.74. The van der Waals surface area contributed by atoms with Crippen molar-refractivity contribution >= 4 is 34.5 Å². The summed E-state index contributed by atoms with van der Waals surface area (Å²) in [4.78, 5) is 0.491. The van der Waals surface area contributed by atoms with Gasteiger partial charge in [-0.05, 0) is 30.3 Å². The third-order valence-electron chi connectivity index (χ3n) is 2.44. The molecule has 0 spiro atoms. The van der Waals surface area contributed by atoms with Crippen LogP contribution in [0.4, 0.5) is 17.6 Å². The quantitative estimate of drug-likeness (QED) is 0.476. The fourth-order valence-electron chi connectivity index (χ4n) is 1.53. The first-order valence-corrected chi connectivity index (χ1v) is 6.68. The molecule has 1 heterocycles. The number of alkyl halides is 4. The number of thiophene rings is 1. The van der Waals surface area contributed by atoms with Crippen LogP contribution in [0.15, 0.2) is 30.3 Å². The molecule has 2 rings (SSSR count). The molecule has 0 nitrogen and oxygen atoms in total. The minimum absolute atomic E-state index is 0.213. The zero-order valence-electron chi connectivity index (χ0n) is 9.14. The molecule has 1 atom stereocenters. The molecule has 102 valence electrons. The first kappa shape index (κ1) is 14.6. The van der Waals surface area contributed by atoms with Gasteiger partial charge in [0.25, 0.3) is 0 Å². The molecule has 1 aromatic carbocycles. The summed E-state index contributed by atoms with van der Waals surface area (Å²) < 4.78 is 51.8. The summed E-state index contributed by atoms with van der Waals surface area (Å²) in [5.74, 6) is -0.780. The normalized spacial score (nSPS) is 13.6. The minimum Gasteiger partial charge on any atom is -0.207 e. The SMILES string of the molecule is Fc1ccc(C(F)(F)F)cc1C(Cl)c1ccc(Cl)s1. The zero-order valence-corrected chi connectivity index (χ0v) is 11.5. The van der Waals surface area contributed by atoms with Gasteiger partial charge >= 0.3 is 6.18 Å². The molecule has 0 aliphatic heterocycles. The molecule has 0 radical (unpaired) electrons. The Kier molecular flexibility index (Phi) is 4.08. The number of hydrogen-bond donors (Lipinski definition) is 0. The predicted octanol–water partition coefficient (Wildman–Crippen LogP) is 5.89. The van der Waals surface area contributed by atoms with Gasteiger partial charge in [0.2, 0.25) is 0 Å². The van der Waals surface area contributed by atoms with Gasteiger partial charge in [0, 0.05) is 10.4 Å². The maximum Gasteiger partial charge on any atom is 0.416 e. The molecule has 1 unspecified atom stereocenters. The molecular formula is C12H6Cl2F4S. The maximum absolute atomic E-state index is 13.6. The van der Waals surface area contributed by atoms with E-state index in [1.165, 1.54) is 0 Å². The van der Waals surface area contributed by atoms with Crippen LogP contribution in [0, 0.1) is 5.82 Å². The van der Waals surface area contributed by atoms with E-state index < -0.39 is 22.9 Å². The van der Waals surface area contributed by atoms with Crippen LogP contribution < -0.4 is 0 Å². The summed E-state index contributed by atoms with van der Waals surface area (Å²) in [5.41, 5.74) is -1.15. The fraction of sp³-hybridized carbons (Fsp3) is 0.167. The van der Waals surface area contributed by atoms with E-state index in [9.17, 15) is 17.6 Å². The molecule has 2 aromatic rings. The van der Waals surface area contributed by atoms with Gasteiger partial charge in [0.1, 0.15) is 5.82 Å². The van der Waals surface area contributed by atoms with Crippen LogP contribution in [0.25, 0.3) is 0 Å². The van der Waals surface area contributed by atoms with Crippen molar-refractivity contribution in [1.82, 2.24) is 0 Å². The Morgan fingerprint density at radius 3 is 2.32 bits per heavy atom. The summed E-state index contributed by atoms with van der Waals surface area (Å²) >= 11 is 12.8. The van der Waals surface area contributed by atoms with Crippen molar-refractivity contribution in [3.63, 3.8) is 0 Å². The summed E-state index contributed by atoms with van der Waals surface area (Å²) in [5, 5.41) is -1.00. The number of rotatable bonds is 2. The van der Waals surface area contributed by atoms with E-state index in [-0.39, 0.29) is 5.56 Å². The van der Waals surface area contributed by atoms with Crippen LogP contribution in [0.1, 0.15) is 21.4 Å². The van der Waals surface area contributed by atoms with Gasteiger partial charge in [-0.3, -0.25) is 0 Å². The number of halogens is 6. The predicted molar refractivity (Wildman–Crippen MR) is 68.4 cm³/mol. The zero-order chi connectivity index (χ0) is 14.2. The largest absolute Gasteiger partial charge is 0.416 e. The third kappa shape index (κ3) is 3.22. The highest BCUT2D eigenvalue weighted by Gasteiger charge is 2.32. The molecule has 0 aliphatic rings. The average Bonchev–Trinajstić information content (AvgIpc) is 2.74. The Hall–Kier alpha value is -0.780. The Morgan fingerprint density at radius 2 is 1.79 bits per heavy atom. The van der Waals surface area contributed by atoms with E-state index in [4.69, 9.17) is 23.2 Å². The lowest BCUT2D eigenvalue weighted by atomic mass is 10.1. The molecular weight excluding hydrogens is 323 g/mol. The molecule has 0 amide bonds. The Morgan fingerprint density at radius 1 is 1.11 bits per heavy atom. The van der Waals surface area contributed by atoms with Crippen molar-refractivity contribution in [2.24, 2.45) is 0 Å². The molecule has 0 saturated heterocycles. The van der Waals surface area contributed by atoms with Crippen molar-refractivity contribution in [1.29, 1.82) is 0 Å².